The summed E-state index contributed by atoms with van der Waals surface area (Å²) in [5, 5.41) is 2.89. The highest BCUT2D eigenvalue weighted by atomic mass is 79.9. The topological polar surface area (TPSA) is 58.6 Å². The van der Waals surface area contributed by atoms with Crippen molar-refractivity contribution in [1.29, 1.82) is 0 Å². The van der Waals surface area contributed by atoms with Crippen LogP contribution in [0.3, 0.4) is 0 Å². The van der Waals surface area contributed by atoms with Crippen LogP contribution in [0.25, 0.3) is 0 Å². The van der Waals surface area contributed by atoms with Crippen LogP contribution in [-0.4, -0.2) is 35.4 Å². The predicted molar refractivity (Wildman–Crippen MR) is 123 cm³/mol. The van der Waals surface area contributed by atoms with Crippen molar-refractivity contribution in [3.05, 3.63) is 63.4 Å². The molecule has 0 radical (unpaired) electrons. The molecule has 2 aromatic rings. The van der Waals surface area contributed by atoms with E-state index >= 15 is 0 Å². The minimum Gasteiger partial charge on any atom is -0.484 e. The summed E-state index contributed by atoms with van der Waals surface area (Å²) in [6.45, 7) is 9.11. The largest absolute Gasteiger partial charge is 0.484 e. The van der Waals surface area contributed by atoms with E-state index in [4.69, 9.17) is 4.74 Å². The van der Waals surface area contributed by atoms with Gasteiger partial charge >= 0.3 is 0 Å². The average molecular weight is 493 g/mol. The van der Waals surface area contributed by atoms with Crippen molar-refractivity contribution in [3.8, 4) is 5.75 Å². The maximum atomic E-state index is 14.2. The third kappa shape index (κ3) is 6.79. The Morgan fingerprint density at radius 2 is 1.77 bits per heavy atom. The lowest BCUT2D eigenvalue weighted by atomic mass is 10.1. The number of hydrogen-bond acceptors (Lipinski definition) is 3. The summed E-state index contributed by atoms with van der Waals surface area (Å²) in [5.74, 6) is -0.535. The van der Waals surface area contributed by atoms with E-state index in [1.807, 2.05) is 39.8 Å². The number of amides is 2. The van der Waals surface area contributed by atoms with E-state index in [1.165, 1.54) is 11.0 Å². The van der Waals surface area contributed by atoms with Gasteiger partial charge in [-0.25, -0.2) is 4.39 Å². The number of benzene rings is 2. The number of nitrogens with one attached hydrogen (secondary N) is 1. The van der Waals surface area contributed by atoms with E-state index < -0.39 is 17.8 Å². The van der Waals surface area contributed by atoms with Gasteiger partial charge in [-0.1, -0.05) is 41.1 Å². The van der Waals surface area contributed by atoms with Crippen LogP contribution in [0.2, 0.25) is 0 Å². The molecule has 0 unspecified atom stereocenters. The minimum absolute atomic E-state index is 0.0228. The highest BCUT2D eigenvalue weighted by Gasteiger charge is 2.28. The quantitative estimate of drug-likeness (QED) is 0.540. The Bertz CT molecular complexity index is 912. The SMILES string of the molecule is CC[C@H](C)NC(=O)[C@H](C)N(Cc1ccccc1F)C(=O)COc1cc(C)c(Br)c(C)c1. The van der Waals surface area contributed by atoms with Crippen LogP contribution < -0.4 is 10.1 Å². The molecule has 0 heterocycles. The summed E-state index contributed by atoms with van der Waals surface area (Å²) in [6, 6.07) is 9.11. The smallest absolute Gasteiger partial charge is 0.261 e. The molecular weight excluding hydrogens is 463 g/mol. The first kappa shape index (κ1) is 24.9. The number of carbonyl (C=O) groups is 2. The molecule has 0 saturated carbocycles. The van der Waals surface area contributed by atoms with Gasteiger partial charge in [-0.05, 0) is 63.4 Å². The van der Waals surface area contributed by atoms with E-state index in [1.54, 1.807) is 25.1 Å². The van der Waals surface area contributed by atoms with Crippen LogP contribution >= 0.6 is 15.9 Å². The molecular formula is C24H30BrFN2O3. The van der Waals surface area contributed by atoms with Gasteiger partial charge in [0.15, 0.2) is 6.61 Å². The van der Waals surface area contributed by atoms with Crippen molar-refractivity contribution >= 4 is 27.7 Å². The summed E-state index contributed by atoms with van der Waals surface area (Å²) in [6.07, 6.45) is 0.769. The van der Waals surface area contributed by atoms with Crippen LogP contribution in [0.4, 0.5) is 4.39 Å². The molecule has 31 heavy (non-hydrogen) atoms. The third-order valence-corrected chi connectivity index (χ3v) is 6.49. The Morgan fingerprint density at radius 3 is 2.35 bits per heavy atom. The number of carbonyl (C=O) groups excluding carboxylic acids is 2. The molecule has 0 saturated heterocycles. The number of hydrogen-bond donors (Lipinski definition) is 1. The van der Waals surface area contributed by atoms with Crippen LogP contribution in [0, 0.1) is 19.7 Å². The Kier molecular flexibility index (Phi) is 9.04. The lowest BCUT2D eigenvalue weighted by molar-refractivity contribution is -0.142. The van der Waals surface area contributed by atoms with Crippen LogP contribution in [0.15, 0.2) is 40.9 Å². The lowest BCUT2D eigenvalue weighted by Crippen LogP contribution is -2.50. The average Bonchev–Trinajstić information content (AvgIpc) is 2.74. The number of rotatable bonds is 9. The summed E-state index contributed by atoms with van der Waals surface area (Å²) in [7, 11) is 0. The normalized spacial score (nSPS) is 12.7. The molecule has 2 aromatic carbocycles. The molecule has 7 heteroatoms. The zero-order valence-corrected chi connectivity index (χ0v) is 20.3. The Hall–Kier alpha value is -2.41. The van der Waals surface area contributed by atoms with Gasteiger partial charge in [0.05, 0.1) is 0 Å². The van der Waals surface area contributed by atoms with E-state index in [-0.39, 0.29) is 25.1 Å². The first-order valence-corrected chi connectivity index (χ1v) is 11.2. The number of nitrogens with zero attached hydrogens (tertiary/aromatic N) is 1. The number of halogens is 2. The molecule has 2 atom stereocenters. The first-order valence-electron chi connectivity index (χ1n) is 10.4. The molecule has 0 aromatic heterocycles. The van der Waals surface area contributed by atoms with E-state index in [2.05, 4.69) is 21.2 Å². The van der Waals surface area contributed by atoms with Gasteiger partial charge in [0.2, 0.25) is 5.91 Å². The summed E-state index contributed by atoms with van der Waals surface area (Å²) in [4.78, 5) is 27.1. The van der Waals surface area contributed by atoms with Crippen molar-refractivity contribution < 1.29 is 18.7 Å². The molecule has 0 fully saturated rings. The highest BCUT2D eigenvalue weighted by Crippen LogP contribution is 2.26. The van der Waals surface area contributed by atoms with Crippen LogP contribution in [-0.2, 0) is 16.1 Å². The second-order valence-electron chi connectivity index (χ2n) is 7.77. The van der Waals surface area contributed by atoms with E-state index in [0.717, 1.165) is 22.0 Å². The summed E-state index contributed by atoms with van der Waals surface area (Å²) >= 11 is 3.51. The molecule has 0 bridgehead atoms. The van der Waals surface area contributed by atoms with Crippen LogP contribution in [0.5, 0.6) is 5.75 Å². The lowest BCUT2D eigenvalue weighted by Gasteiger charge is -2.29. The fourth-order valence-corrected chi connectivity index (χ4v) is 3.30. The molecule has 0 aliphatic carbocycles. The third-order valence-electron chi connectivity index (χ3n) is 5.24. The van der Waals surface area contributed by atoms with E-state index in [9.17, 15) is 14.0 Å². The molecule has 1 N–H and O–H groups in total. The molecule has 0 aliphatic rings. The second-order valence-corrected chi connectivity index (χ2v) is 8.56. The Balaban J connectivity index is 2.21. The van der Waals surface area contributed by atoms with Crippen molar-refractivity contribution in [1.82, 2.24) is 10.2 Å². The van der Waals surface area contributed by atoms with Gasteiger partial charge in [0.1, 0.15) is 17.6 Å². The predicted octanol–water partition coefficient (Wildman–Crippen LogP) is 4.92. The molecule has 0 aliphatic heterocycles. The van der Waals surface area contributed by atoms with Gasteiger partial charge < -0.3 is 15.0 Å². The highest BCUT2D eigenvalue weighted by molar-refractivity contribution is 9.10. The summed E-state index contributed by atoms with van der Waals surface area (Å²) in [5.41, 5.74) is 2.33. The molecule has 0 spiro atoms. The van der Waals surface area contributed by atoms with E-state index in [0.29, 0.717) is 11.3 Å². The second kappa shape index (κ2) is 11.3. The fraction of sp³-hybridized carbons (Fsp3) is 0.417. The molecule has 168 valence electrons. The van der Waals surface area contributed by atoms with Gasteiger partial charge in [-0.3, -0.25) is 9.59 Å². The maximum Gasteiger partial charge on any atom is 0.261 e. The van der Waals surface area contributed by atoms with Crippen molar-refractivity contribution in [3.63, 3.8) is 0 Å². The van der Waals surface area contributed by atoms with Crippen LogP contribution in [0.1, 0.15) is 43.9 Å². The summed E-state index contributed by atoms with van der Waals surface area (Å²) < 4.78 is 21.0. The molecule has 2 rings (SSSR count). The molecule has 5 nitrogen and oxygen atoms in total. The number of aryl methyl sites for hydroxylation is 2. The monoisotopic (exact) mass is 492 g/mol. The zero-order valence-electron chi connectivity index (χ0n) is 18.7. The Labute approximate surface area is 192 Å². The fourth-order valence-electron chi connectivity index (χ4n) is 3.08. The first-order chi connectivity index (χ1) is 14.6. The van der Waals surface area contributed by atoms with Crippen molar-refractivity contribution in [2.45, 2.75) is 59.7 Å². The Morgan fingerprint density at radius 1 is 1.16 bits per heavy atom. The standard InChI is InChI=1S/C24H30BrFN2O3/c1-6-17(4)27-24(30)18(5)28(13-19-9-7-8-10-21(19)26)22(29)14-31-20-11-15(2)23(25)16(3)12-20/h7-12,17-18H,6,13-14H2,1-5H3,(H,27,30)/t17-,18-/m0/s1. The van der Waals surface area contributed by atoms with Gasteiger partial charge in [-0.2, -0.15) is 0 Å². The van der Waals surface area contributed by atoms with Gasteiger partial charge in [0.25, 0.3) is 5.91 Å². The zero-order chi connectivity index (χ0) is 23.1. The van der Waals surface area contributed by atoms with Crippen molar-refractivity contribution in [2.75, 3.05) is 6.61 Å². The minimum atomic E-state index is -0.780. The molecule has 2 amide bonds. The van der Waals surface area contributed by atoms with Gasteiger partial charge in [-0.15, -0.1) is 0 Å². The van der Waals surface area contributed by atoms with Gasteiger partial charge in [0, 0.05) is 22.6 Å². The number of ether oxygens (including phenoxy) is 1. The van der Waals surface area contributed by atoms with Crippen molar-refractivity contribution in [2.24, 2.45) is 0 Å². The maximum absolute atomic E-state index is 14.2.